The van der Waals surface area contributed by atoms with E-state index in [4.69, 9.17) is 18.9 Å². The monoisotopic (exact) mass is 594 g/mol. The van der Waals surface area contributed by atoms with Gasteiger partial charge < -0.3 is 34.7 Å². The fourth-order valence-electron chi connectivity index (χ4n) is 6.42. The van der Waals surface area contributed by atoms with Crippen molar-refractivity contribution in [3.8, 4) is 0 Å². The zero-order chi connectivity index (χ0) is 31.0. The van der Waals surface area contributed by atoms with Crippen molar-refractivity contribution in [1.29, 1.82) is 0 Å². The van der Waals surface area contributed by atoms with Gasteiger partial charge in [0.1, 0.15) is 0 Å². The molecule has 9 heteroatoms. The molecule has 0 aromatic rings. The van der Waals surface area contributed by atoms with Gasteiger partial charge in [-0.05, 0) is 107 Å². The number of carbonyl (C=O) groups excluding carboxylic acids is 2. The minimum atomic E-state index is -0.928. The lowest BCUT2D eigenvalue weighted by Crippen LogP contribution is -2.38. The van der Waals surface area contributed by atoms with Gasteiger partial charge in [0.15, 0.2) is 6.29 Å². The highest BCUT2D eigenvalue weighted by atomic mass is 16.6. The Balaban J connectivity index is 1.56. The van der Waals surface area contributed by atoms with Crippen LogP contribution in [-0.4, -0.2) is 69.7 Å². The minimum absolute atomic E-state index is 0.00606. The van der Waals surface area contributed by atoms with Crippen LogP contribution in [0.25, 0.3) is 0 Å². The Labute approximate surface area is 254 Å². The van der Waals surface area contributed by atoms with Crippen molar-refractivity contribution in [2.75, 3.05) is 46.1 Å². The van der Waals surface area contributed by atoms with Crippen LogP contribution in [0.2, 0.25) is 0 Å². The molecule has 2 saturated carbocycles. The normalized spacial score (nSPS) is 25.7. The van der Waals surface area contributed by atoms with E-state index < -0.39 is 6.29 Å². The molecule has 3 N–H and O–H groups in total. The first kappa shape index (κ1) is 36.1. The molecule has 2 aliphatic rings. The van der Waals surface area contributed by atoms with Crippen molar-refractivity contribution in [3.63, 3.8) is 0 Å². The summed E-state index contributed by atoms with van der Waals surface area (Å²) in [6, 6.07) is 0. The second-order valence-corrected chi connectivity index (χ2v) is 13.1. The average molecular weight is 595 g/mol. The Kier molecular flexibility index (Phi) is 16.5. The maximum absolute atomic E-state index is 12.3. The van der Waals surface area contributed by atoms with Gasteiger partial charge >= 0.3 is 12.2 Å². The van der Waals surface area contributed by atoms with Gasteiger partial charge in [0.25, 0.3) is 0 Å². The fourth-order valence-corrected chi connectivity index (χ4v) is 6.42. The highest BCUT2D eigenvalue weighted by molar-refractivity contribution is 5.67. The number of aliphatic hydroxyl groups is 1. The molecule has 2 fully saturated rings. The summed E-state index contributed by atoms with van der Waals surface area (Å²) in [4.78, 5) is 24.3. The molecule has 0 bridgehead atoms. The molecule has 0 aromatic carbocycles. The predicted octanol–water partition coefficient (Wildman–Crippen LogP) is 6.36. The van der Waals surface area contributed by atoms with Gasteiger partial charge in [-0.1, -0.05) is 32.6 Å². The van der Waals surface area contributed by atoms with Crippen molar-refractivity contribution in [2.45, 2.75) is 98.2 Å². The molecular formula is C33H58N2O7. The number of hydrogen-bond acceptors (Lipinski definition) is 7. The minimum Gasteiger partial charge on any atom is -0.450 e. The van der Waals surface area contributed by atoms with Gasteiger partial charge in [0, 0.05) is 25.1 Å². The highest BCUT2D eigenvalue weighted by Crippen LogP contribution is 2.55. The second-order valence-electron chi connectivity index (χ2n) is 13.1. The summed E-state index contributed by atoms with van der Waals surface area (Å²) in [5.41, 5.74) is 1.60. The third-order valence-electron chi connectivity index (χ3n) is 8.75. The van der Waals surface area contributed by atoms with E-state index in [0.717, 1.165) is 63.4 Å². The number of amides is 2. The van der Waals surface area contributed by atoms with E-state index in [1.54, 1.807) is 6.92 Å². The van der Waals surface area contributed by atoms with Crippen molar-refractivity contribution < 1.29 is 33.6 Å². The van der Waals surface area contributed by atoms with Crippen LogP contribution in [0.15, 0.2) is 24.3 Å². The van der Waals surface area contributed by atoms with E-state index >= 15 is 0 Å². The van der Waals surface area contributed by atoms with Gasteiger partial charge in [-0.15, -0.1) is 0 Å². The van der Waals surface area contributed by atoms with Crippen molar-refractivity contribution >= 4 is 12.2 Å². The first-order valence-electron chi connectivity index (χ1n) is 16.0. The number of rotatable bonds is 20. The summed E-state index contributed by atoms with van der Waals surface area (Å²) in [7, 11) is 0. The molecule has 42 heavy (non-hydrogen) atoms. The first-order chi connectivity index (χ1) is 20.0. The van der Waals surface area contributed by atoms with Crippen LogP contribution in [0.5, 0.6) is 0 Å². The van der Waals surface area contributed by atoms with Crippen molar-refractivity contribution in [1.82, 2.24) is 10.6 Å². The third kappa shape index (κ3) is 13.9. The van der Waals surface area contributed by atoms with Crippen LogP contribution >= 0.6 is 0 Å². The summed E-state index contributed by atoms with van der Waals surface area (Å²) in [6.07, 6.45) is 8.13. The van der Waals surface area contributed by atoms with Gasteiger partial charge in [-0.25, -0.2) is 9.59 Å². The van der Waals surface area contributed by atoms with Crippen LogP contribution in [0, 0.1) is 29.1 Å². The van der Waals surface area contributed by atoms with Gasteiger partial charge in [0.2, 0.25) is 0 Å². The summed E-state index contributed by atoms with van der Waals surface area (Å²) >= 11 is 0. The first-order valence-corrected chi connectivity index (χ1v) is 16.0. The Morgan fingerprint density at radius 2 is 1.62 bits per heavy atom. The number of alkyl carbamates (subject to hydrolysis) is 2. The summed E-state index contributed by atoms with van der Waals surface area (Å²) in [6.45, 7) is 19.4. The van der Waals surface area contributed by atoms with Crippen LogP contribution < -0.4 is 10.6 Å². The lowest BCUT2D eigenvalue weighted by atomic mass is 9.64. The fraction of sp³-hybridized carbons (Fsp3) is 0.818. The molecule has 9 nitrogen and oxygen atoms in total. The summed E-state index contributed by atoms with van der Waals surface area (Å²) in [5.74, 6) is 2.68. The van der Waals surface area contributed by atoms with Gasteiger partial charge in [-0.2, -0.15) is 0 Å². The van der Waals surface area contributed by atoms with E-state index in [1.165, 1.54) is 6.42 Å². The molecule has 0 spiro atoms. The number of fused-ring (bicyclic) bond motifs is 1. The number of ether oxygens (including phenoxy) is 4. The largest absolute Gasteiger partial charge is 0.450 e. The molecule has 6 atom stereocenters. The topological polar surface area (TPSA) is 115 Å². The van der Waals surface area contributed by atoms with E-state index in [1.807, 2.05) is 6.92 Å². The smallest absolute Gasteiger partial charge is 0.407 e. The standard InChI is InChI=1S/C33H58N2O7/c1-24(2)22-39-17-9-7-15-34-31(37)41-19-11-12-27-20-26(5)29-21-33(6,14-13-28(27)29)23-42-32(38)35-16-8-10-18-40-30(36)25(3)4/h26-30,36H,1,3,7-23H2,2,4-6H3,(H,34,37)(H,35,38)/t26-,27?,28?,29?,30?,33?/m1/s1. The number of nitrogens with one attached hydrogen (secondary N) is 2. The summed E-state index contributed by atoms with van der Waals surface area (Å²) in [5, 5.41) is 15.2. The molecule has 0 aliphatic heterocycles. The molecule has 0 aromatic heterocycles. The SMILES string of the molecule is C=C(C)COCCCCNC(=O)OCCCC1C[C@@H](C)C2CC(C)(COC(=O)NCCCCOC(O)C(=C)C)CCC12. The maximum Gasteiger partial charge on any atom is 0.407 e. The zero-order valence-corrected chi connectivity index (χ0v) is 26.7. The zero-order valence-electron chi connectivity index (χ0n) is 26.7. The molecule has 0 heterocycles. The van der Waals surface area contributed by atoms with Crippen LogP contribution in [0.3, 0.4) is 0 Å². The van der Waals surface area contributed by atoms with Crippen molar-refractivity contribution in [3.05, 3.63) is 24.3 Å². The Bertz CT molecular complexity index is 850. The Morgan fingerprint density at radius 3 is 2.29 bits per heavy atom. The summed E-state index contributed by atoms with van der Waals surface area (Å²) < 4.78 is 21.8. The predicted molar refractivity (Wildman–Crippen MR) is 165 cm³/mol. The maximum atomic E-state index is 12.3. The number of unbranched alkanes of at least 4 members (excludes halogenated alkanes) is 2. The molecular weight excluding hydrogens is 536 g/mol. The highest BCUT2D eigenvalue weighted by Gasteiger charge is 2.47. The second kappa shape index (κ2) is 19.2. The molecule has 5 unspecified atom stereocenters. The van der Waals surface area contributed by atoms with Crippen molar-refractivity contribution in [2.24, 2.45) is 29.1 Å². The lowest BCUT2D eigenvalue weighted by Gasteiger charge is -2.42. The molecule has 0 saturated heterocycles. The molecule has 2 rings (SSSR count). The Hall–Kier alpha value is -2.10. The third-order valence-corrected chi connectivity index (χ3v) is 8.75. The Morgan fingerprint density at radius 1 is 0.952 bits per heavy atom. The average Bonchev–Trinajstić information content (AvgIpc) is 3.24. The van der Waals surface area contributed by atoms with Crippen LogP contribution in [0.1, 0.15) is 91.9 Å². The number of carbonyl (C=O) groups is 2. The van der Waals surface area contributed by atoms with Gasteiger partial charge in [0.05, 0.1) is 26.4 Å². The van der Waals surface area contributed by atoms with E-state index in [0.29, 0.717) is 75.4 Å². The molecule has 0 radical (unpaired) electrons. The van der Waals surface area contributed by atoms with Crippen LogP contribution in [0.4, 0.5) is 9.59 Å². The molecule has 242 valence electrons. The van der Waals surface area contributed by atoms with E-state index in [-0.39, 0.29) is 17.6 Å². The van der Waals surface area contributed by atoms with Gasteiger partial charge in [-0.3, -0.25) is 0 Å². The molecule has 2 aliphatic carbocycles. The van der Waals surface area contributed by atoms with E-state index in [2.05, 4.69) is 37.6 Å². The van der Waals surface area contributed by atoms with E-state index in [9.17, 15) is 14.7 Å². The number of hydrogen-bond donors (Lipinski definition) is 3. The molecule has 2 amide bonds. The quantitative estimate of drug-likeness (QED) is 0.0853. The number of aliphatic hydroxyl groups excluding tert-OH is 1. The van der Waals surface area contributed by atoms with Crippen LogP contribution in [-0.2, 0) is 18.9 Å². The lowest BCUT2D eigenvalue weighted by molar-refractivity contribution is -0.0726.